The molecule has 0 saturated carbocycles. The second-order valence-corrected chi connectivity index (χ2v) is 6.37. The Morgan fingerprint density at radius 1 is 1.08 bits per heavy atom. The predicted octanol–water partition coefficient (Wildman–Crippen LogP) is 4.18. The molecule has 4 heteroatoms. The second-order valence-electron chi connectivity index (χ2n) is 6.37. The van der Waals surface area contributed by atoms with Gasteiger partial charge in [-0.25, -0.2) is 0 Å². The van der Waals surface area contributed by atoms with Crippen LogP contribution in [0.3, 0.4) is 0 Å². The molecular weight excluding hydrogens is 314 g/mol. The van der Waals surface area contributed by atoms with E-state index in [0.29, 0.717) is 5.69 Å². The number of aliphatic hydroxyl groups is 1. The number of carbonyl (C=O) groups excluding carboxylic acids is 2. The molecule has 1 atom stereocenters. The van der Waals surface area contributed by atoms with Crippen LogP contribution in [0, 0.1) is 13.8 Å². The van der Waals surface area contributed by atoms with Crippen molar-refractivity contribution < 1.29 is 14.7 Å². The van der Waals surface area contributed by atoms with Crippen LogP contribution in [0.25, 0.3) is 0 Å². The zero-order valence-corrected chi connectivity index (χ0v) is 14.6. The molecule has 0 aromatic heterocycles. The van der Waals surface area contributed by atoms with Gasteiger partial charge >= 0.3 is 0 Å². The van der Waals surface area contributed by atoms with E-state index < -0.39 is 17.7 Å². The van der Waals surface area contributed by atoms with E-state index in [9.17, 15) is 14.7 Å². The van der Waals surface area contributed by atoms with Crippen LogP contribution in [-0.4, -0.2) is 16.8 Å². The van der Waals surface area contributed by atoms with Crippen molar-refractivity contribution in [3.8, 4) is 0 Å². The molecule has 3 rings (SSSR count). The Morgan fingerprint density at radius 3 is 2.36 bits per heavy atom. The Balaban J connectivity index is 2.18. The van der Waals surface area contributed by atoms with Gasteiger partial charge in [0, 0.05) is 12.1 Å². The van der Waals surface area contributed by atoms with Gasteiger partial charge in [0.25, 0.3) is 5.91 Å². The smallest absolute Gasteiger partial charge is 0.294 e. The van der Waals surface area contributed by atoms with Crippen molar-refractivity contribution in [1.29, 1.82) is 0 Å². The van der Waals surface area contributed by atoms with Gasteiger partial charge in [-0.05, 0) is 31.5 Å². The standard InChI is InChI=1S/C21H21NO3/c1-4-17(23)18-19(15-7-5-6-14(3)12-15)22(21(25)20(18)24)16-10-8-13(2)9-11-16/h5-12,19,24H,4H2,1-3H3. The molecule has 4 nitrogen and oxygen atoms in total. The molecule has 2 aromatic carbocycles. The number of rotatable bonds is 4. The molecule has 0 fully saturated rings. The topological polar surface area (TPSA) is 57.6 Å². The Labute approximate surface area is 147 Å². The highest BCUT2D eigenvalue weighted by molar-refractivity contribution is 6.16. The predicted molar refractivity (Wildman–Crippen MR) is 97.5 cm³/mol. The number of ketones is 1. The number of carbonyl (C=O) groups is 2. The number of aliphatic hydroxyl groups excluding tert-OH is 1. The third kappa shape index (κ3) is 2.95. The highest BCUT2D eigenvalue weighted by Crippen LogP contribution is 2.41. The van der Waals surface area contributed by atoms with Gasteiger partial charge in [-0.15, -0.1) is 0 Å². The summed E-state index contributed by atoms with van der Waals surface area (Å²) in [4.78, 5) is 26.7. The summed E-state index contributed by atoms with van der Waals surface area (Å²) in [6.07, 6.45) is 0.233. The lowest BCUT2D eigenvalue weighted by atomic mass is 9.94. The summed E-state index contributed by atoms with van der Waals surface area (Å²) in [6, 6.07) is 14.6. The fourth-order valence-corrected chi connectivity index (χ4v) is 3.21. The summed E-state index contributed by atoms with van der Waals surface area (Å²) in [5, 5.41) is 10.4. The Hall–Kier alpha value is -2.88. The van der Waals surface area contributed by atoms with Crippen LogP contribution in [0.15, 0.2) is 59.9 Å². The summed E-state index contributed by atoms with van der Waals surface area (Å²) < 4.78 is 0. The van der Waals surface area contributed by atoms with Crippen molar-refractivity contribution in [3.05, 3.63) is 76.6 Å². The maximum atomic E-state index is 12.8. The van der Waals surface area contributed by atoms with E-state index in [-0.39, 0.29) is 17.8 Å². The first-order valence-corrected chi connectivity index (χ1v) is 8.37. The van der Waals surface area contributed by atoms with Crippen molar-refractivity contribution in [2.24, 2.45) is 0 Å². The summed E-state index contributed by atoms with van der Waals surface area (Å²) in [7, 11) is 0. The number of aryl methyl sites for hydroxylation is 2. The minimum atomic E-state index is -0.609. The lowest BCUT2D eigenvalue weighted by Gasteiger charge is -2.27. The van der Waals surface area contributed by atoms with Gasteiger partial charge in [-0.3, -0.25) is 14.5 Å². The van der Waals surface area contributed by atoms with Gasteiger partial charge in [-0.2, -0.15) is 0 Å². The highest BCUT2D eigenvalue weighted by Gasteiger charge is 2.43. The van der Waals surface area contributed by atoms with Crippen LogP contribution >= 0.6 is 0 Å². The van der Waals surface area contributed by atoms with Crippen LogP contribution < -0.4 is 4.90 Å². The molecule has 128 valence electrons. The largest absolute Gasteiger partial charge is 0.503 e. The van der Waals surface area contributed by atoms with E-state index in [0.717, 1.165) is 16.7 Å². The molecule has 1 aliphatic heterocycles. The SMILES string of the molecule is CCC(=O)C1=C(O)C(=O)N(c2ccc(C)cc2)C1c1cccc(C)c1. The summed E-state index contributed by atoms with van der Waals surface area (Å²) in [5.74, 6) is -1.20. The molecule has 1 unspecified atom stereocenters. The minimum absolute atomic E-state index is 0.179. The fourth-order valence-electron chi connectivity index (χ4n) is 3.21. The third-order valence-corrected chi connectivity index (χ3v) is 4.50. The van der Waals surface area contributed by atoms with E-state index in [2.05, 4.69) is 0 Å². The van der Waals surface area contributed by atoms with Gasteiger partial charge < -0.3 is 5.11 Å². The number of nitrogens with zero attached hydrogens (tertiary/aromatic N) is 1. The van der Waals surface area contributed by atoms with Crippen LogP contribution in [0.1, 0.15) is 36.1 Å². The van der Waals surface area contributed by atoms with Crippen molar-refractivity contribution >= 4 is 17.4 Å². The lowest BCUT2D eigenvalue weighted by molar-refractivity contribution is -0.118. The summed E-state index contributed by atoms with van der Waals surface area (Å²) >= 11 is 0. The monoisotopic (exact) mass is 335 g/mol. The molecule has 1 heterocycles. The molecule has 0 radical (unpaired) electrons. The number of hydrogen-bond donors (Lipinski definition) is 1. The van der Waals surface area contributed by atoms with Gasteiger partial charge in [0.15, 0.2) is 11.5 Å². The molecule has 1 aliphatic rings. The Kier molecular flexibility index (Phi) is 4.45. The minimum Gasteiger partial charge on any atom is -0.503 e. The maximum Gasteiger partial charge on any atom is 0.294 e. The molecule has 0 saturated heterocycles. The van der Waals surface area contributed by atoms with E-state index >= 15 is 0 Å². The van der Waals surface area contributed by atoms with E-state index in [1.807, 2.05) is 62.4 Å². The van der Waals surface area contributed by atoms with Crippen LogP contribution in [0.5, 0.6) is 0 Å². The lowest BCUT2D eigenvalue weighted by Crippen LogP contribution is -2.31. The van der Waals surface area contributed by atoms with E-state index in [1.165, 1.54) is 4.90 Å². The van der Waals surface area contributed by atoms with Crippen molar-refractivity contribution in [2.75, 3.05) is 4.90 Å². The summed E-state index contributed by atoms with van der Waals surface area (Å²) in [5.41, 5.74) is 3.76. The first-order chi connectivity index (χ1) is 11.9. The van der Waals surface area contributed by atoms with E-state index in [1.54, 1.807) is 6.92 Å². The highest BCUT2D eigenvalue weighted by atomic mass is 16.3. The van der Waals surface area contributed by atoms with Crippen molar-refractivity contribution in [2.45, 2.75) is 33.2 Å². The van der Waals surface area contributed by atoms with Crippen LogP contribution in [0.4, 0.5) is 5.69 Å². The quantitative estimate of drug-likeness (QED) is 0.912. The van der Waals surface area contributed by atoms with Gasteiger partial charge in [0.1, 0.15) is 0 Å². The van der Waals surface area contributed by atoms with Crippen LogP contribution in [-0.2, 0) is 9.59 Å². The molecule has 1 N–H and O–H groups in total. The first kappa shape index (κ1) is 17.0. The molecule has 0 spiro atoms. The normalized spacial score (nSPS) is 17.3. The van der Waals surface area contributed by atoms with Gasteiger partial charge in [0.2, 0.25) is 0 Å². The molecule has 0 bridgehead atoms. The molecule has 1 amide bonds. The number of anilines is 1. The number of hydrogen-bond acceptors (Lipinski definition) is 3. The van der Waals surface area contributed by atoms with Crippen molar-refractivity contribution in [1.82, 2.24) is 0 Å². The number of Topliss-reactive ketones (excluding diaryl/α,β-unsaturated/α-hetero) is 1. The molecular formula is C21H21NO3. The van der Waals surface area contributed by atoms with Crippen LogP contribution in [0.2, 0.25) is 0 Å². The fraction of sp³-hybridized carbons (Fsp3) is 0.238. The first-order valence-electron chi connectivity index (χ1n) is 8.37. The molecule has 2 aromatic rings. The Morgan fingerprint density at radius 2 is 1.76 bits per heavy atom. The zero-order valence-electron chi connectivity index (χ0n) is 14.6. The maximum absolute atomic E-state index is 12.8. The average Bonchev–Trinajstić information content (AvgIpc) is 2.87. The zero-order chi connectivity index (χ0) is 18.1. The van der Waals surface area contributed by atoms with E-state index in [4.69, 9.17) is 0 Å². The second kappa shape index (κ2) is 6.55. The number of benzene rings is 2. The molecule has 0 aliphatic carbocycles. The van der Waals surface area contributed by atoms with Crippen molar-refractivity contribution in [3.63, 3.8) is 0 Å². The third-order valence-electron chi connectivity index (χ3n) is 4.50. The number of amides is 1. The molecule has 25 heavy (non-hydrogen) atoms. The average molecular weight is 335 g/mol. The van der Waals surface area contributed by atoms with Gasteiger partial charge in [-0.1, -0.05) is 54.4 Å². The summed E-state index contributed by atoms with van der Waals surface area (Å²) in [6.45, 7) is 5.66. The van der Waals surface area contributed by atoms with Gasteiger partial charge in [0.05, 0.1) is 11.6 Å². The Bertz CT molecular complexity index is 865.